The Morgan fingerprint density at radius 3 is 2.58 bits per heavy atom. The molecule has 1 N–H and O–H groups in total. The van der Waals surface area contributed by atoms with Crippen LogP contribution < -0.4 is 5.69 Å². The minimum atomic E-state index is -4.48. The second-order valence-electron chi connectivity index (χ2n) is 4.58. The van der Waals surface area contributed by atoms with Crippen molar-refractivity contribution >= 4 is 11.0 Å². The molecule has 2 aromatic rings. The van der Waals surface area contributed by atoms with Gasteiger partial charge in [0.2, 0.25) is 0 Å². The number of H-pyrrole nitrogens is 1. The third-order valence-corrected chi connectivity index (χ3v) is 2.87. The molecule has 7 heteroatoms. The van der Waals surface area contributed by atoms with Crippen LogP contribution >= 0.6 is 0 Å². The lowest BCUT2D eigenvalue weighted by atomic mass is 10.1. The number of fused-ring (bicyclic) bond motifs is 1. The van der Waals surface area contributed by atoms with Gasteiger partial charge in [-0.2, -0.15) is 13.2 Å². The standard InChI is InChI=1S/C12H14F3N3O/c1-17(2)6-7-18-10-8(12(13,14)15)4-3-5-9(10)16-11(18)19/h3-5H,6-7H2,1-2H3,(H,16,19). The smallest absolute Gasteiger partial charge is 0.308 e. The van der Waals surface area contributed by atoms with Crippen molar-refractivity contribution in [3.05, 3.63) is 34.2 Å². The lowest BCUT2D eigenvalue weighted by Crippen LogP contribution is -2.25. The van der Waals surface area contributed by atoms with Crippen LogP contribution in [0.5, 0.6) is 0 Å². The summed E-state index contributed by atoms with van der Waals surface area (Å²) in [6, 6.07) is 3.75. The second kappa shape index (κ2) is 4.73. The fourth-order valence-electron chi connectivity index (χ4n) is 1.96. The summed E-state index contributed by atoms with van der Waals surface area (Å²) in [5.74, 6) is 0. The first-order valence-electron chi connectivity index (χ1n) is 5.74. The van der Waals surface area contributed by atoms with E-state index in [1.165, 1.54) is 12.1 Å². The molecule has 1 aromatic carbocycles. The number of hydrogen-bond acceptors (Lipinski definition) is 2. The molecule has 1 heterocycles. The van der Waals surface area contributed by atoms with Crippen LogP contribution in [0.4, 0.5) is 13.2 Å². The van der Waals surface area contributed by atoms with Crippen molar-refractivity contribution in [3.8, 4) is 0 Å². The summed E-state index contributed by atoms with van der Waals surface area (Å²) in [6.45, 7) is 0.692. The highest BCUT2D eigenvalue weighted by molar-refractivity contribution is 5.79. The Bertz CT molecular complexity index is 640. The van der Waals surface area contributed by atoms with E-state index in [1.807, 2.05) is 4.90 Å². The van der Waals surface area contributed by atoms with E-state index >= 15 is 0 Å². The van der Waals surface area contributed by atoms with E-state index in [0.717, 1.165) is 10.6 Å². The number of aromatic nitrogens is 2. The van der Waals surface area contributed by atoms with Gasteiger partial charge in [0.1, 0.15) is 0 Å². The zero-order valence-electron chi connectivity index (χ0n) is 10.6. The van der Waals surface area contributed by atoms with Gasteiger partial charge >= 0.3 is 11.9 Å². The molecular formula is C12H14F3N3O. The van der Waals surface area contributed by atoms with Crippen molar-refractivity contribution in [2.45, 2.75) is 12.7 Å². The van der Waals surface area contributed by atoms with Crippen molar-refractivity contribution in [3.63, 3.8) is 0 Å². The van der Waals surface area contributed by atoms with E-state index < -0.39 is 17.4 Å². The average molecular weight is 273 g/mol. The highest BCUT2D eigenvalue weighted by Gasteiger charge is 2.34. The van der Waals surface area contributed by atoms with Crippen molar-refractivity contribution in [1.82, 2.24) is 14.5 Å². The van der Waals surface area contributed by atoms with E-state index in [2.05, 4.69) is 4.98 Å². The van der Waals surface area contributed by atoms with Crippen LogP contribution in [0.2, 0.25) is 0 Å². The summed E-state index contributed by atoms with van der Waals surface area (Å²) < 4.78 is 40.0. The third kappa shape index (κ3) is 2.65. The largest absolute Gasteiger partial charge is 0.418 e. The Balaban J connectivity index is 2.62. The van der Waals surface area contributed by atoms with Gasteiger partial charge in [-0.3, -0.25) is 4.57 Å². The fraction of sp³-hybridized carbons (Fsp3) is 0.417. The van der Waals surface area contributed by atoms with Crippen molar-refractivity contribution in [2.75, 3.05) is 20.6 Å². The van der Waals surface area contributed by atoms with E-state index in [4.69, 9.17) is 0 Å². The third-order valence-electron chi connectivity index (χ3n) is 2.87. The van der Waals surface area contributed by atoms with Crippen LogP contribution in [-0.2, 0) is 12.7 Å². The maximum absolute atomic E-state index is 13.0. The minimum absolute atomic E-state index is 0.0816. The van der Waals surface area contributed by atoms with Gasteiger partial charge in [-0.15, -0.1) is 0 Å². The molecule has 1 aromatic heterocycles. The molecule has 0 saturated carbocycles. The molecule has 0 aliphatic rings. The topological polar surface area (TPSA) is 41.0 Å². The number of likely N-dealkylation sites (N-methyl/N-ethyl adjacent to an activating group) is 1. The lowest BCUT2D eigenvalue weighted by Gasteiger charge is -2.13. The van der Waals surface area contributed by atoms with Gasteiger partial charge in [0.25, 0.3) is 0 Å². The summed E-state index contributed by atoms with van der Waals surface area (Å²) in [7, 11) is 3.59. The maximum Gasteiger partial charge on any atom is 0.418 e. The minimum Gasteiger partial charge on any atom is -0.308 e. The quantitative estimate of drug-likeness (QED) is 0.928. The van der Waals surface area contributed by atoms with Crippen LogP contribution in [-0.4, -0.2) is 35.1 Å². The van der Waals surface area contributed by atoms with Crippen LogP contribution in [0.15, 0.2) is 23.0 Å². The first kappa shape index (κ1) is 13.7. The molecule has 0 radical (unpaired) electrons. The highest BCUT2D eigenvalue weighted by Crippen LogP contribution is 2.33. The first-order valence-corrected chi connectivity index (χ1v) is 5.74. The maximum atomic E-state index is 13.0. The second-order valence-corrected chi connectivity index (χ2v) is 4.58. The predicted molar refractivity (Wildman–Crippen MR) is 66.1 cm³/mol. The molecule has 0 atom stereocenters. The molecule has 0 spiro atoms. The molecule has 19 heavy (non-hydrogen) atoms. The zero-order chi connectivity index (χ0) is 14.2. The van der Waals surface area contributed by atoms with Crippen molar-refractivity contribution < 1.29 is 13.2 Å². The molecule has 0 aliphatic heterocycles. The number of imidazole rings is 1. The molecule has 2 rings (SSSR count). The average Bonchev–Trinajstić information content (AvgIpc) is 2.60. The van der Waals surface area contributed by atoms with Gasteiger partial charge in [-0.25, -0.2) is 4.79 Å². The number of aromatic amines is 1. The normalized spacial score (nSPS) is 12.5. The van der Waals surface area contributed by atoms with Crippen molar-refractivity contribution in [2.24, 2.45) is 0 Å². The summed E-state index contributed by atoms with van der Waals surface area (Å²) in [5, 5.41) is 0. The Morgan fingerprint density at radius 1 is 1.32 bits per heavy atom. The molecule has 0 aliphatic carbocycles. The van der Waals surface area contributed by atoms with Gasteiger partial charge in [0, 0.05) is 13.1 Å². The first-order chi connectivity index (χ1) is 8.80. The zero-order valence-corrected chi connectivity index (χ0v) is 10.6. The molecule has 104 valence electrons. The number of benzene rings is 1. The molecular weight excluding hydrogens is 259 g/mol. The number of nitrogens with one attached hydrogen (secondary N) is 1. The molecule has 0 bridgehead atoms. The monoisotopic (exact) mass is 273 g/mol. The number of alkyl halides is 3. The Morgan fingerprint density at radius 2 is 2.00 bits per heavy atom. The SMILES string of the molecule is CN(C)CCn1c(=O)[nH]c2cccc(C(F)(F)F)c21. The summed E-state index contributed by atoms with van der Waals surface area (Å²) in [5.41, 5.74) is -1.18. The number of halogens is 3. The van der Waals surface area contributed by atoms with E-state index in [1.54, 1.807) is 14.1 Å². The number of rotatable bonds is 3. The van der Waals surface area contributed by atoms with Crippen molar-refractivity contribution in [1.29, 1.82) is 0 Å². The predicted octanol–water partition coefficient (Wildman–Crippen LogP) is 1.91. The van der Waals surface area contributed by atoms with Gasteiger partial charge in [0.15, 0.2) is 0 Å². The van der Waals surface area contributed by atoms with E-state index in [-0.39, 0.29) is 17.6 Å². The van der Waals surface area contributed by atoms with Crippen LogP contribution in [0.1, 0.15) is 5.56 Å². The van der Waals surface area contributed by atoms with Crippen LogP contribution in [0.3, 0.4) is 0 Å². The molecule has 4 nitrogen and oxygen atoms in total. The van der Waals surface area contributed by atoms with Gasteiger partial charge in [-0.05, 0) is 26.2 Å². The van der Waals surface area contributed by atoms with Crippen LogP contribution in [0, 0.1) is 0 Å². The molecule has 0 amide bonds. The van der Waals surface area contributed by atoms with E-state index in [9.17, 15) is 18.0 Å². The summed E-state index contributed by atoms with van der Waals surface area (Å²) in [4.78, 5) is 16.0. The van der Waals surface area contributed by atoms with Gasteiger partial charge < -0.3 is 9.88 Å². The van der Waals surface area contributed by atoms with Gasteiger partial charge in [-0.1, -0.05) is 6.07 Å². The number of nitrogens with zero attached hydrogens (tertiary/aromatic N) is 2. The highest BCUT2D eigenvalue weighted by atomic mass is 19.4. The molecule has 0 unspecified atom stereocenters. The van der Waals surface area contributed by atoms with Gasteiger partial charge in [0.05, 0.1) is 16.6 Å². The Hall–Kier alpha value is -1.76. The fourth-order valence-corrected chi connectivity index (χ4v) is 1.96. The number of hydrogen-bond donors (Lipinski definition) is 1. The van der Waals surface area contributed by atoms with Crippen LogP contribution in [0.25, 0.3) is 11.0 Å². The Kier molecular flexibility index (Phi) is 3.40. The lowest BCUT2D eigenvalue weighted by molar-refractivity contribution is -0.136. The number of para-hydroxylation sites is 1. The molecule has 0 saturated heterocycles. The van der Waals surface area contributed by atoms with E-state index in [0.29, 0.717) is 6.54 Å². The summed E-state index contributed by atoms with van der Waals surface area (Å²) >= 11 is 0. The Labute approximate surface area is 107 Å². The molecule has 0 fully saturated rings. The summed E-state index contributed by atoms with van der Waals surface area (Å²) in [6.07, 6.45) is -4.48.